The molecule has 1 heterocycles. The Balaban J connectivity index is 2.21. The third kappa shape index (κ3) is 2.52. The highest BCUT2D eigenvalue weighted by Gasteiger charge is 2.06. The van der Waals surface area contributed by atoms with Crippen LogP contribution < -0.4 is 0 Å². The molecule has 0 amide bonds. The van der Waals surface area contributed by atoms with Crippen molar-refractivity contribution in [2.24, 2.45) is 0 Å². The van der Waals surface area contributed by atoms with E-state index in [1.807, 2.05) is 30.0 Å². The van der Waals surface area contributed by atoms with Gasteiger partial charge in [0.2, 0.25) is 0 Å². The van der Waals surface area contributed by atoms with Crippen LogP contribution in [0.1, 0.15) is 18.4 Å². The van der Waals surface area contributed by atoms with Crippen LogP contribution in [0.25, 0.3) is 6.08 Å². The first-order valence-electron chi connectivity index (χ1n) is 4.43. The lowest BCUT2D eigenvalue weighted by Gasteiger charge is -1.97. The van der Waals surface area contributed by atoms with E-state index in [0.29, 0.717) is 0 Å². The lowest BCUT2D eigenvalue weighted by molar-refractivity contribution is 0.999. The first-order valence-corrected chi connectivity index (χ1v) is 5.80. The van der Waals surface area contributed by atoms with Gasteiger partial charge in [-0.15, -0.1) is 11.8 Å². The Morgan fingerprint density at radius 3 is 3.00 bits per heavy atom. The maximum absolute atomic E-state index is 5.89. The van der Waals surface area contributed by atoms with Gasteiger partial charge in [0.1, 0.15) is 0 Å². The summed E-state index contributed by atoms with van der Waals surface area (Å²) in [5.41, 5.74) is 1.22. The average molecular weight is 211 g/mol. The van der Waals surface area contributed by atoms with Crippen molar-refractivity contribution in [3.05, 3.63) is 39.8 Å². The van der Waals surface area contributed by atoms with Crippen LogP contribution in [-0.2, 0) is 0 Å². The largest absolute Gasteiger partial charge is 0.131 e. The van der Waals surface area contributed by atoms with E-state index < -0.39 is 0 Å². The van der Waals surface area contributed by atoms with Crippen LogP contribution in [0.2, 0.25) is 5.02 Å². The molecule has 1 aromatic rings. The Bertz CT molecular complexity index is 323. The Morgan fingerprint density at radius 1 is 1.38 bits per heavy atom. The van der Waals surface area contributed by atoms with Crippen molar-refractivity contribution in [2.45, 2.75) is 12.8 Å². The smallest absolute Gasteiger partial charge is 0.0411 e. The van der Waals surface area contributed by atoms with Crippen molar-refractivity contribution < 1.29 is 0 Å². The van der Waals surface area contributed by atoms with Crippen LogP contribution in [0.3, 0.4) is 0 Å². The second kappa shape index (κ2) is 4.21. The van der Waals surface area contributed by atoms with Crippen LogP contribution in [0, 0.1) is 0 Å². The Morgan fingerprint density at radius 2 is 2.31 bits per heavy atom. The summed E-state index contributed by atoms with van der Waals surface area (Å²) < 4.78 is 0. The second-order valence-electron chi connectivity index (χ2n) is 3.12. The van der Waals surface area contributed by atoms with E-state index in [2.05, 4.69) is 12.1 Å². The predicted molar refractivity (Wildman–Crippen MR) is 61.1 cm³/mol. The number of hydrogen-bond donors (Lipinski definition) is 0. The van der Waals surface area contributed by atoms with Gasteiger partial charge >= 0.3 is 0 Å². The van der Waals surface area contributed by atoms with Gasteiger partial charge in [-0.1, -0.05) is 23.7 Å². The van der Waals surface area contributed by atoms with Crippen molar-refractivity contribution >= 4 is 29.4 Å². The van der Waals surface area contributed by atoms with Gasteiger partial charge in [0.25, 0.3) is 0 Å². The van der Waals surface area contributed by atoms with Crippen molar-refractivity contribution in [3.63, 3.8) is 0 Å². The Labute approximate surface area is 88.0 Å². The molecule has 1 saturated heterocycles. The van der Waals surface area contributed by atoms with E-state index in [0.717, 1.165) is 5.02 Å². The summed E-state index contributed by atoms with van der Waals surface area (Å²) in [7, 11) is 0. The maximum atomic E-state index is 5.89. The number of halogens is 1. The third-order valence-corrected chi connectivity index (χ3v) is 3.45. The zero-order valence-corrected chi connectivity index (χ0v) is 8.87. The van der Waals surface area contributed by atoms with E-state index in [9.17, 15) is 0 Å². The molecule has 0 bridgehead atoms. The number of benzene rings is 1. The predicted octanol–water partition coefficient (Wildman–Crippen LogP) is 4.21. The van der Waals surface area contributed by atoms with E-state index in [1.165, 1.54) is 29.1 Å². The van der Waals surface area contributed by atoms with Gasteiger partial charge in [0.15, 0.2) is 0 Å². The Kier molecular flexibility index (Phi) is 2.97. The molecule has 0 aromatic heterocycles. The molecular formula is C11H11ClS. The molecule has 0 saturated carbocycles. The number of thioether (sulfide) groups is 1. The molecule has 1 aliphatic rings. The molecule has 0 nitrogen and oxygen atoms in total. The van der Waals surface area contributed by atoms with E-state index in [1.54, 1.807) is 0 Å². The van der Waals surface area contributed by atoms with Gasteiger partial charge in [-0.2, -0.15) is 0 Å². The summed E-state index contributed by atoms with van der Waals surface area (Å²) >= 11 is 7.86. The lowest BCUT2D eigenvalue weighted by atomic mass is 10.2. The molecule has 0 spiro atoms. The minimum atomic E-state index is 0.817. The highest BCUT2D eigenvalue weighted by molar-refractivity contribution is 8.03. The fourth-order valence-corrected chi connectivity index (χ4v) is 2.68. The minimum Gasteiger partial charge on any atom is -0.131 e. The topological polar surface area (TPSA) is 0 Å². The number of rotatable bonds is 1. The summed E-state index contributed by atoms with van der Waals surface area (Å²) in [6, 6.07) is 8.00. The highest BCUT2D eigenvalue weighted by atomic mass is 35.5. The average Bonchev–Trinajstić information content (AvgIpc) is 2.57. The van der Waals surface area contributed by atoms with Gasteiger partial charge in [0, 0.05) is 5.02 Å². The molecule has 0 aliphatic carbocycles. The normalized spacial score (nSPS) is 19.6. The van der Waals surface area contributed by atoms with Gasteiger partial charge in [-0.25, -0.2) is 0 Å². The van der Waals surface area contributed by atoms with Crippen LogP contribution >= 0.6 is 23.4 Å². The highest BCUT2D eigenvalue weighted by Crippen LogP contribution is 2.32. The van der Waals surface area contributed by atoms with Gasteiger partial charge < -0.3 is 0 Å². The quantitative estimate of drug-likeness (QED) is 0.669. The van der Waals surface area contributed by atoms with Gasteiger partial charge in [-0.3, -0.25) is 0 Å². The molecule has 13 heavy (non-hydrogen) atoms. The molecule has 68 valence electrons. The van der Waals surface area contributed by atoms with Crippen LogP contribution in [0.4, 0.5) is 0 Å². The molecule has 2 heteroatoms. The van der Waals surface area contributed by atoms with Crippen molar-refractivity contribution in [1.29, 1.82) is 0 Å². The first kappa shape index (κ1) is 9.17. The molecule has 0 N–H and O–H groups in total. The molecule has 1 aromatic carbocycles. The van der Waals surface area contributed by atoms with Crippen molar-refractivity contribution in [2.75, 3.05) is 5.75 Å². The summed E-state index contributed by atoms with van der Waals surface area (Å²) in [6.07, 6.45) is 4.79. The lowest BCUT2D eigenvalue weighted by Crippen LogP contribution is -1.73. The summed E-state index contributed by atoms with van der Waals surface area (Å²) in [5.74, 6) is 1.27. The number of hydrogen-bond acceptors (Lipinski definition) is 1. The number of allylic oxidation sites excluding steroid dienone is 1. The van der Waals surface area contributed by atoms with Crippen LogP contribution in [0.5, 0.6) is 0 Å². The van der Waals surface area contributed by atoms with Crippen LogP contribution in [-0.4, -0.2) is 5.75 Å². The zero-order valence-electron chi connectivity index (χ0n) is 7.29. The molecule has 0 unspecified atom stereocenters. The standard InChI is InChI=1S/C11H11ClS/c12-10-4-1-3-9(7-10)8-11-5-2-6-13-11/h1,3-4,7-8H,2,5-6H2. The van der Waals surface area contributed by atoms with E-state index in [4.69, 9.17) is 11.6 Å². The fourth-order valence-electron chi connectivity index (χ4n) is 1.42. The molecule has 1 aliphatic heterocycles. The van der Waals surface area contributed by atoms with Crippen LogP contribution in [0.15, 0.2) is 29.2 Å². The van der Waals surface area contributed by atoms with Crippen molar-refractivity contribution in [1.82, 2.24) is 0 Å². The summed E-state index contributed by atoms with van der Waals surface area (Å²) in [4.78, 5) is 1.49. The SMILES string of the molecule is Clc1cccc(C=C2CCCS2)c1. The summed E-state index contributed by atoms with van der Waals surface area (Å²) in [6.45, 7) is 0. The molecule has 1 fully saturated rings. The Hall–Kier alpha value is -0.400. The maximum Gasteiger partial charge on any atom is 0.0411 e. The third-order valence-electron chi connectivity index (χ3n) is 2.03. The second-order valence-corrected chi connectivity index (χ2v) is 4.78. The molecular weight excluding hydrogens is 200 g/mol. The minimum absolute atomic E-state index is 0.817. The van der Waals surface area contributed by atoms with E-state index >= 15 is 0 Å². The zero-order chi connectivity index (χ0) is 9.10. The monoisotopic (exact) mass is 210 g/mol. The fraction of sp³-hybridized carbons (Fsp3) is 0.273. The summed E-state index contributed by atoms with van der Waals surface area (Å²) in [5, 5.41) is 0.817. The van der Waals surface area contributed by atoms with E-state index in [-0.39, 0.29) is 0 Å². The van der Waals surface area contributed by atoms with Gasteiger partial charge in [-0.05, 0) is 47.3 Å². The molecule has 2 rings (SSSR count). The van der Waals surface area contributed by atoms with Gasteiger partial charge in [0.05, 0.1) is 0 Å². The molecule has 0 radical (unpaired) electrons. The molecule has 0 atom stereocenters. The first-order chi connectivity index (χ1) is 6.34. The van der Waals surface area contributed by atoms with Crippen molar-refractivity contribution in [3.8, 4) is 0 Å².